The number of hydrogen-bond donors (Lipinski definition) is 1. The molecule has 9 heteroatoms. The van der Waals surface area contributed by atoms with Gasteiger partial charge in [0.15, 0.2) is 0 Å². The summed E-state index contributed by atoms with van der Waals surface area (Å²) >= 11 is 12.1. The van der Waals surface area contributed by atoms with Crippen LogP contribution in [0, 0.1) is 5.92 Å². The molecule has 2 atom stereocenters. The molecule has 1 aliphatic rings. The van der Waals surface area contributed by atoms with Gasteiger partial charge in [-0.15, -0.1) is 0 Å². The van der Waals surface area contributed by atoms with Crippen molar-refractivity contribution in [2.24, 2.45) is 5.92 Å². The van der Waals surface area contributed by atoms with Crippen molar-refractivity contribution in [2.45, 2.75) is 30.7 Å². The Balaban J connectivity index is 2.46. The van der Waals surface area contributed by atoms with Gasteiger partial charge < -0.3 is 9.84 Å². The second kappa shape index (κ2) is 6.84. The van der Waals surface area contributed by atoms with Gasteiger partial charge in [0.05, 0.1) is 23.1 Å². The van der Waals surface area contributed by atoms with Crippen molar-refractivity contribution in [3.63, 3.8) is 0 Å². The third kappa shape index (κ3) is 3.42. The van der Waals surface area contributed by atoms with E-state index in [-0.39, 0.29) is 27.2 Å². The van der Waals surface area contributed by atoms with Crippen LogP contribution < -0.4 is 4.74 Å². The predicted molar refractivity (Wildman–Crippen MR) is 86.7 cm³/mol. The summed E-state index contributed by atoms with van der Waals surface area (Å²) in [5.74, 6) is -1.48. The first-order valence-electron chi connectivity index (χ1n) is 6.97. The lowest BCUT2D eigenvalue weighted by atomic mass is 9.92. The molecule has 0 spiro atoms. The lowest BCUT2D eigenvalue weighted by molar-refractivity contribution is -0.144. The fourth-order valence-corrected chi connectivity index (χ4v) is 5.30. The highest BCUT2D eigenvalue weighted by atomic mass is 35.5. The Hall–Kier alpha value is -1.02. The number of hydrogen-bond acceptors (Lipinski definition) is 4. The smallest absolute Gasteiger partial charge is 0.308 e. The van der Waals surface area contributed by atoms with E-state index in [4.69, 9.17) is 27.9 Å². The van der Waals surface area contributed by atoms with E-state index < -0.39 is 28.0 Å². The summed E-state index contributed by atoms with van der Waals surface area (Å²) in [6, 6.07) is 1.90. The Kier molecular flexibility index (Phi) is 5.45. The van der Waals surface area contributed by atoms with Crippen LogP contribution in [0.3, 0.4) is 0 Å². The SMILES string of the molecule is COc1cc(Cl)c(S(=O)(=O)N2CCC[C@H](C(=O)O)[C@@H]2C)cc1Cl. The molecule has 0 radical (unpaired) electrons. The van der Waals surface area contributed by atoms with Crippen LogP contribution in [-0.4, -0.2) is 43.5 Å². The maximum atomic E-state index is 12.9. The number of piperidine rings is 1. The first-order valence-corrected chi connectivity index (χ1v) is 9.17. The summed E-state index contributed by atoms with van der Waals surface area (Å²) in [4.78, 5) is 11.1. The molecule has 2 rings (SSSR count). The second-order valence-corrected chi connectivity index (χ2v) is 8.03. The molecular weight excluding hydrogens is 365 g/mol. The van der Waals surface area contributed by atoms with E-state index in [0.717, 1.165) is 0 Å². The maximum Gasteiger partial charge on any atom is 0.308 e. The minimum atomic E-state index is -3.96. The number of carbonyl (C=O) groups is 1. The lowest BCUT2D eigenvalue weighted by Crippen LogP contribution is -2.49. The van der Waals surface area contributed by atoms with Gasteiger partial charge >= 0.3 is 5.97 Å². The molecule has 0 amide bonds. The van der Waals surface area contributed by atoms with Crippen molar-refractivity contribution >= 4 is 39.2 Å². The summed E-state index contributed by atoms with van der Waals surface area (Å²) in [7, 11) is -2.56. The molecule has 0 aromatic heterocycles. The van der Waals surface area contributed by atoms with E-state index in [1.54, 1.807) is 6.92 Å². The molecule has 6 nitrogen and oxygen atoms in total. The Morgan fingerprint density at radius 1 is 1.35 bits per heavy atom. The van der Waals surface area contributed by atoms with Gasteiger partial charge in [0.1, 0.15) is 10.6 Å². The largest absolute Gasteiger partial charge is 0.495 e. The Morgan fingerprint density at radius 3 is 2.57 bits per heavy atom. The Bertz CT molecular complexity index is 722. The molecule has 0 bridgehead atoms. The fraction of sp³-hybridized carbons (Fsp3) is 0.500. The number of ether oxygens (including phenoxy) is 1. The zero-order valence-corrected chi connectivity index (χ0v) is 15.0. The standard InChI is InChI=1S/C14H17Cl2NO5S/c1-8-9(14(18)19)4-3-5-17(8)23(20,21)13-7-10(15)12(22-2)6-11(13)16/h6-9H,3-5H2,1-2H3,(H,18,19)/t8-,9-/m0/s1. The van der Waals surface area contributed by atoms with Gasteiger partial charge in [0.2, 0.25) is 10.0 Å². The van der Waals surface area contributed by atoms with Crippen LogP contribution in [-0.2, 0) is 14.8 Å². The minimum Gasteiger partial charge on any atom is -0.495 e. The van der Waals surface area contributed by atoms with Crippen molar-refractivity contribution in [1.29, 1.82) is 0 Å². The predicted octanol–water partition coefficient (Wildman–Crippen LogP) is 2.88. The molecule has 1 saturated heterocycles. The molecule has 128 valence electrons. The van der Waals surface area contributed by atoms with Crippen LogP contribution in [0.1, 0.15) is 19.8 Å². The van der Waals surface area contributed by atoms with Gasteiger partial charge in [0, 0.05) is 18.7 Å². The second-order valence-electron chi connectivity index (χ2n) is 5.36. The Labute approximate surface area is 145 Å². The van der Waals surface area contributed by atoms with Gasteiger partial charge in [-0.2, -0.15) is 4.31 Å². The first kappa shape index (κ1) is 18.3. The molecule has 0 saturated carbocycles. The number of sulfonamides is 1. The maximum absolute atomic E-state index is 12.9. The van der Waals surface area contributed by atoms with E-state index in [2.05, 4.69) is 0 Å². The number of benzene rings is 1. The first-order chi connectivity index (χ1) is 10.7. The molecule has 1 fully saturated rings. The van der Waals surface area contributed by atoms with Crippen LogP contribution in [0.5, 0.6) is 5.75 Å². The van der Waals surface area contributed by atoms with E-state index in [1.807, 2.05) is 0 Å². The molecule has 1 N–H and O–H groups in total. The zero-order chi connectivity index (χ0) is 17.4. The van der Waals surface area contributed by atoms with Crippen molar-refractivity contribution in [3.8, 4) is 5.75 Å². The van der Waals surface area contributed by atoms with Crippen LogP contribution in [0.25, 0.3) is 0 Å². The Morgan fingerprint density at radius 2 is 2.00 bits per heavy atom. The van der Waals surface area contributed by atoms with Crippen LogP contribution in [0.2, 0.25) is 10.0 Å². The number of halogens is 2. The number of nitrogens with zero attached hydrogens (tertiary/aromatic N) is 1. The molecule has 0 aliphatic carbocycles. The van der Waals surface area contributed by atoms with Gasteiger partial charge in [-0.3, -0.25) is 4.79 Å². The van der Waals surface area contributed by atoms with E-state index in [0.29, 0.717) is 12.8 Å². The van der Waals surface area contributed by atoms with Crippen LogP contribution in [0.4, 0.5) is 0 Å². The lowest BCUT2D eigenvalue weighted by Gasteiger charge is -2.36. The van der Waals surface area contributed by atoms with Crippen molar-refractivity contribution in [2.75, 3.05) is 13.7 Å². The van der Waals surface area contributed by atoms with Crippen LogP contribution in [0.15, 0.2) is 17.0 Å². The number of carboxylic acids is 1. The van der Waals surface area contributed by atoms with Gasteiger partial charge in [-0.1, -0.05) is 23.2 Å². The summed E-state index contributed by atoms with van der Waals surface area (Å²) in [5, 5.41) is 9.35. The van der Waals surface area contributed by atoms with Gasteiger partial charge in [-0.05, 0) is 25.8 Å². The average molecular weight is 382 g/mol. The number of aliphatic carboxylic acids is 1. The van der Waals surface area contributed by atoms with E-state index >= 15 is 0 Å². The highest BCUT2D eigenvalue weighted by Gasteiger charge is 2.40. The number of carboxylic acid groups (broad SMARTS) is 1. The van der Waals surface area contributed by atoms with Gasteiger partial charge in [-0.25, -0.2) is 8.42 Å². The van der Waals surface area contributed by atoms with Gasteiger partial charge in [0.25, 0.3) is 0 Å². The summed E-state index contributed by atoms with van der Waals surface area (Å²) in [6.07, 6.45) is 0.918. The third-order valence-electron chi connectivity index (χ3n) is 4.04. The molecule has 1 aliphatic heterocycles. The molecule has 1 heterocycles. The molecular formula is C14H17Cl2NO5S. The zero-order valence-electron chi connectivity index (χ0n) is 12.6. The van der Waals surface area contributed by atoms with Crippen LogP contribution >= 0.6 is 23.2 Å². The molecule has 0 unspecified atom stereocenters. The quantitative estimate of drug-likeness (QED) is 0.866. The summed E-state index contributed by atoms with van der Waals surface area (Å²) in [6.45, 7) is 1.84. The molecule has 1 aromatic carbocycles. The molecule has 1 aromatic rings. The third-order valence-corrected chi connectivity index (χ3v) is 6.79. The normalized spacial score (nSPS) is 22.8. The highest BCUT2D eigenvalue weighted by Crippen LogP contribution is 2.37. The fourth-order valence-electron chi connectivity index (χ4n) is 2.77. The summed E-state index contributed by atoms with van der Waals surface area (Å²) < 4.78 is 32.0. The van der Waals surface area contributed by atoms with E-state index in [1.165, 1.54) is 23.5 Å². The van der Waals surface area contributed by atoms with Crippen molar-refractivity contribution in [1.82, 2.24) is 4.31 Å². The minimum absolute atomic E-state index is 0.0177. The van der Waals surface area contributed by atoms with Crippen molar-refractivity contribution in [3.05, 3.63) is 22.2 Å². The topological polar surface area (TPSA) is 83.9 Å². The van der Waals surface area contributed by atoms with Crippen molar-refractivity contribution < 1.29 is 23.1 Å². The summed E-state index contributed by atoms with van der Waals surface area (Å²) in [5.41, 5.74) is 0. The monoisotopic (exact) mass is 381 g/mol. The highest BCUT2D eigenvalue weighted by molar-refractivity contribution is 7.89. The molecule has 23 heavy (non-hydrogen) atoms. The average Bonchev–Trinajstić information content (AvgIpc) is 2.48. The number of rotatable bonds is 4. The van der Waals surface area contributed by atoms with E-state index in [9.17, 15) is 18.3 Å². The number of methoxy groups -OCH3 is 1.